The number of furan rings is 1. The highest BCUT2D eigenvalue weighted by Gasteiger charge is 2.09. The Morgan fingerprint density at radius 3 is 2.80 bits per heavy atom. The van der Waals surface area contributed by atoms with Crippen LogP contribution >= 0.6 is 22.6 Å². The second kappa shape index (κ2) is 2.96. The first-order chi connectivity index (χ1) is 4.75. The third-order valence-corrected chi connectivity index (χ3v) is 1.83. The van der Waals surface area contributed by atoms with E-state index in [1.807, 2.05) is 22.6 Å². The summed E-state index contributed by atoms with van der Waals surface area (Å²) in [5.74, 6) is -0.543. The van der Waals surface area contributed by atoms with Gasteiger partial charge in [-0.3, -0.25) is 9.59 Å². The molecule has 0 aromatic carbocycles. The van der Waals surface area contributed by atoms with Crippen molar-refractivity contribution in [3.63, 3.8) is 0 Å². The minimum absolute atomic E-state index is 0.271. The maximum atomic E-state index is 10.7. The highest BCUT2D eigenvalue weighted by molar-refractivity contribution is 14.1. The summed E-state index contributed by atoms with van der Waals surface area (Å²) in [5.41, 5.74) is 0.329. The van der Waals surface area contributed by atoms with Crippen LogP contribution in [0.25, 0.3) is 0 Å². The van der Waals surface area contributed by atoms with Crippen molar-refractivity contribution in [1.29, 1.82) is 0 Å². The first-order valence-electron chi connectivity index (χ1n) is 2.48. The summed E-state index contributed by atoms with van der Waals surface area (Å²) in [6, 6.07) is 1.47. The Kier molecular flexibility index (Phi) is 2.21. The van der Waals surface area contributed by atoms with Crippen molar-refractivity contribution in [2.45, 2.75) is 0 Å². The first kappa shape index (κ1) is 7.46. The van der Waals surface area contributed by atoms with E-state index in [2.05, 4.69) is 0 Å². The third-order valence-electron chi connectivity index (χ3n) is 0.990. The number of aldehydes is 1. The van der Waals surface area contributed by atoms with Crippen LogP contribution in [-0.4, -0.2) is 12.1 Å². The van der Waals surface area contributed by atoms with E-state index in [0.29, 0.717) is 9.33 Å². The zero-order valence-electron chi connectivity index (χ0n) is 4.83. The fourth-order valence-corrected chi connectivity index (χ4v) is 1.13. The molecule has 4 heteroatoms. The molecule has 52 valence electrons. The standard InChI is InChI=1S/C6H3IO3/c7-6-4(1-2-10-6)5(9)3-8/h1-3H. The molecule has 3 nitrogen and oxygen atoms in total. The quantitative estimate of drug-likeness (QED) is 0.343. The predicted molar refractivity (Wildman–Crippen MR) is 41.8 cm³/mol. The molecule has 0 radical (unpaired) electrons. The van der Waals surface area contributed by atoms with Gasteiger partial charge in [0.15, 0.2) is 10.1 Å². The molecule has 1 heterocycles. The van der Waals surface area contributed by atoms with Gasteiger partial charge < -0.3 is 4.42 Å². The minimum atomic E-state index is -0.543. The SMILES string of the molecule is O=CC(=O)c1ccoc1I. The van der Waals surface area contributed by atoms with Crippen LogP contribution in [0, 0.1) is 3.77 Å². The normalized spacial score (nSPS) is 9.30. The van der Waals surface area contributed by atoms with Gasteiger partial charge in [0, 0.05) is 22.6 Å². The fraction of sp³-hybridized carbons (Fsp3) is 0. The molecule has 0 fully saturated rings. The Bertz CT molecular complexity index is 264. The third kappa shape index (κ3) is 1.26. The maximum absolute atomic E-state index is 10.7. The van der Waals surface area contributed by atoms with Gasteiger partial charge in [0.2, 0.25) is 5.78 Å². The summed E-state index contributed by atoms with van der Waals surface area (Å²) in [5, 5.41) is 0. The molecule has 0 saturated carbocycles. The molecule has 1 aromatic heterocycles. The molecule has 0 bridgehead atoms. The van der Waals surface area contributed by atoms with Crippen LogP contribution in [-0.2, 0) is 4.79 Å². The summed E-state index contributed by atoms with van der Waals surface area (Å²) in [7, 11) is 0. The zero-order valence-corrected chi connectivity index (χ0v) is 6.99. The van der Waals surface area contributed by atoms with Crippen LogP contribution in [0.15, 0.2) is 16.7 Å². The van der Waals surface area contributed by atoms with Gasteiger partial charge in [-0.25, -0.2) is 0 Å². The minimum Gasteiger partial charge on any atom is -0.458 e. The van der Waals surface area contributed by atoms with E-state index in [0.717, 1.165) is 0 Å². The van der Waals surface area contributed by atoms with Gasteiger partial charge in [0.25, 0.3) is 0 Å². The van der Waals surface area contributed by atoms with Crippen molar-refractivity contribution >= 4 is 34.7 Å². The molecule has 0 spiro atoms. The van der Waals surface area contributed by atoms with Gasteiger partial charge in [0.1, 0.15) is 0 Å². The van der Waals surface area contributed by atoms with E-state index in [9.17, 15) is 9.59 Å². The van der Waals surface area contributed by atoms with Crippen LogP contribution in [0.2, 0.25) is 0 Å². The molecule has 0 amide bonds. The number of hydrogen-bond donors (Lipinski definition) is 0. The van der Waals surface area contributed by atoms with Gasteiger partial charge in [0.05, 0.1) is 11.8 Å². The topological polar surface area (TPSA) is 47.3 Å². The zero-order chi connectivity index (χ0) is 7.56. The molecule has 1 rings (SSSR count). The average Bonchev–Trinajstić information content (AvgIpc) is 2.34. The largest absolute Gasteiger partial charge is 0.458 e. The van der Waals surface area contributed by atoms with E-state index < -0.39 is 5.78 Å². The molecule has 0 aliphatic rings. The second-order valence-corrected chi connectivity index (χ2v) is 2.57. The van der Waals surface area contributed by atoms with Crippen molar-refractivity contribution in [3.8, 4) is 0 Å². The number of carbonyl (C=O) groups excluding carboxylic acids is 2. The van der Waals surface area contributed by atoms with Crippen LogP contribution in [0.3, 0.4) is 0 Å². The molecule has 1 aromatic rings. The van der Waals surface area contributed by atoms with Gasteiger partial charge in [-0.1, -0.05) is 0 Å². The smallest absolute Gasteiger partial charge is 0.229 e. The maximum Gasteiger partial charge on any atom is 0.229 e. The Hall–Kier alpha value is -0.650. The van der Waals surface area contributed by atoms with Crippen LogP contribution < -0.4 is 0 Å². The van der Waals surface area contributed by atoms with Crippen LogP contribution in [0.5, 0.6) is 0 Å². The lowest BCUT2D eigenvalue weighted by Gasteiger charge is -1.83. The second-order valence-electron chi connectivity index (χ2n) is 1.59. The summed E-state index contributed by atoms with van der Waals surface area (Å²) in [6.07, 6.45) is 1.64. The van der Waals surface area contributed by atoms with Crippen LogP contribution in [0.4, 0.5) is 0 Å². The van der Waals surface area contributed by atoms with Gasteiger partial charge in [-0.05, 0) is 6.07 Å². The van der Waals surface area contributed by atoms with Crippen molar-refractivity contribution in [2.24, 2.45) is 0 Å². The molecular formula is C6H3IO3. The molecular weight excluding hydrogens is 247 g/mol. The highest BCUT2D eigenvalue weighted by atomic mass is 127. The summed E-state index contributed by atoms with van der Waals surface area (Å²) >= 11 is 1.85. The predicted octanol–water partition coefficient (Wildman–Crippen LogP) is 1.27. The first-order valence-corrected chi connectivity index (χ1v) is 3.56. The van der Waals surface area contributed by atoms with Gasteiger partial charge in [-0.2, -0.15) is 0 Å². The molecule has 0 aliphatic heterocycles. The Labute approximate surface area is 70.5 Å². The molecule has 0 atom stereocenters. The monoisotopic (exact) mass is 250 g/mol. The number of ketones is 1. The van der Waals surface area contributed by atoms with Crippen molar-refractivity contribution < 1.29 is 14.0 Å². The molecule has 0 aliphatic carbocycles. The number of rotatable bonds is 2. The van der Waals surface area contributed by atoms with E-state index in [-0.39, 0.29) is 6.29 Å². The highest BCUT2D eigenvalue weighted by Crippen LogP contribution is 2.12. The summed E-state index contributed by atoms with van der Waals surface area (Å²) in [6.45, 7) is 0. The fourth-order valence-electron chi connectivity index (χ4n) is 0.533. The number of hydrogen-bond acceptors (Lipinski definition) is 3. The summed E-state index contributed by atoms with van der Waals surface area (Å²) < 4.78 is 5.25. The molecule has 0 N–H and O–H groups in total. The Morgan fingerprint density at radius 2 is 2.40 bits per heavy atom. The van der Waals surface area contributed by atoms with Gasteiger partial charge >= 0.3 is 0 Å². The lowest BCUT2D eigenvalue weighted by Crippen LogP contribution is -1.98. The number of halogens is 1. The molecule has 0 unspecified atom stereocenters. The van der Waals surface area contributed by atoms with Crippen molar-refractivity contribution in [2.75, 3.05) is 0 Å². The van der Waals surface area contributed by atoms with E-state index in [1.165, 1.54) is 12.3 Å². The lowest BCUT2D eigenvalue weighted by atomic mass is 10.2. The summed E-state index contributed by atoms with van der Waals surface area (Å²) in [4.78, 5) is 20.6. The average molecular weight is 250 g/mol. The number of Topliss-reactive ketones (excluding diaryl/α,β-unsaturated/α-hetero) is 1. The van der Waals surface area contributed by atoms with E-state index in [4.69, 9.17) is 4.42 Å². The van der Waals surface area contributed by atoms with E-state index in [1.54, 1.807) is 0 Å². The number of carbonyl (C=O) groups is 2. The van der Waals surface area contributed by atoms with Gasteiger partial charge in [-0.15, -0.1) is 0 Å². The Morgan fingerprint density at radius 1 is 1.70 bits per heavy atom. The van der Waals surface area contributed by atoms with Crippen LogP contribution in [0.1, 0.15) is 10.4 Å². The van der Waals surface area contributed by atoms with E-state index >= 15 is 0 Å². The Balaban J connectivity index is 3.04. The van der Waals surface area contributed by atoms with Crippen molar-refractivity contribution in [3.05, 3.63) is 21.7 Å². The molecule has 10 heavy (non-hydrogen) atoms. The van der Waals surface area contributed by atoms with Crippen molar-refractivity contribution in [1.82, 2.24) is 0 Å². The molecule has 0 saturated heterocycles. The lowest BCUT2D eigenvalue weighted by molar-refractivity contribution is -0.104.